The molecule has 6 nitrogen and oxygen atoms in total. The highest BCUT2D eigenvalue weighted by molar-refractivity contribution is 7.13. The van der Waals surface area contributed by atoms with Gasteiger partial charge in [-0.05, 0) is 31.4 Å². The van der Waals surface area contributed by atoms with E-state index in [1.54, 1.807) is 11.3 Å². The molecule has 0 unspecified atom stereocenters. The zero-order valence-electron chi connectivity index (χ0n) is 13.5. The molecule has 1 aliphatic heterocycles. The predicted molar refractivity (Wildman–Crippen MR) is 91.2 cm³/mol. The first-order chi connectivity index (χ1) is 11.6. The van der Waals surface area contributed by atoms with E-state index in [-0.39, 0.29) is 12.0 Å². The van der Waals surface area contributed by atoms with Crippen LogP contribution in [-0.2, 0) is 4.74 Å². The molecular weight excluding hydrogens is 326 g/mol. The quantitative estimate of drug-likeness (QED) is 0.715. The van der Waals surface area contributed by atoms with Crippen LogP contribution in [0.25, 0.3) is 21.7 Å². The molecule has 0 N–H and O–H groups in total. The van der Waals surface area contributed by atoms with Crippen molar-refractivity contribution < 1.29 is 14.1 Å². The topological polar surface area (TPSA) is 68.5 Å². The Morgan fingerprint density at radius 2 is 2.33 bits per heavy atom. The number of rotatable bonds is 2. The van der Waals surface area contributed by atoms with Gasteiger partial charge in [0.15, 0.2) is 0 Å². The van der Waals surface area contributed by atoms with Gasteiger partial charge in [-0.3, -0.25) is 4.79 Å². The predicted octanol–water partition coefficient (Wildman–Crippen LogP) is 3.12. The van der Waals surface area contributed by atoms with Crippen molar-refractivity contribution in [3.05, 3.63) is 34.8 Å². The van der Waals surface area contributed by atoms with E-state index >= 15 is 0 Å². The van der Waals surface area contributed by atoms with Gasteiger partial charge in [-0.15, -0.1) is 11.3 Å². The van der Waals surface area contributed by atoms with E-state index in [1.165, 1.54) is 0 Å². The van der Waals surface area contributed by atoms with Crippen LogP contribution in [-0.4, -0.2) is 46.7 Å². The number of hydrogen-bond acceptors (Lipinski definition) is 6. The zero-order valence-corrected chi connectivity index (χ0v) is 14.3. The van der Waals surface area contributed by atoms with Crippen LogP contribution in [0.1, 0.15) is 23.0 Å². The lowest BCUT2D eigenvalue weighted by Crippen LogP contribution is -2.44. The summed E-state index contributed by atoms with van der Waals surface area (Å²) in [5.74, 6) is -0.0262. The Morgan fingerprint density at radius 3 is 3.08 bits per heavy atom. The van der Waals surface area contributed by atoms with E-state index in [1.807, 2.05) is 42.3 Å². The van der Waals surface area contributed by atoms with Crippen molar-refractivity contribution in [1.82, 2.24) is 15.0 Å². The van der Waals surface area contributed by atoms with Gasteiger partial charge in [-0.25, -0.2) is 4.98 Å². The number of carbonyl (C=O) groups excluding carboxylic acids is 1. The number of carbonyl (C=O) groups is 1. The van der Waals surface area contributed by atoms with Crippen LogP contribution in [0.2, 0.25) is 0 Å². The summed E-state index contributed by atoms with van der Waals surface area (Å²) in [4.78, 5) is 20.5. The second-order valence-corrected chi connectivity index (χ2v) is 6.86. The van der Waals surface area contributed by atoms with Crippen molar-refractivity contribution in [3.63, 3.8) is 0 Å². The van der Waals surface area contributed by atoms with Crippen molar-refractivity contribution in [3.8, 4) is 10.6 Å². The number of ether oxygens (including phenoxy) is 1. The van der Waals surface area contributed by atoms with Crippen molar-refractivity contribution in [2.45, 2.75) is 20.0 Å². The number of morpholine rings is 1. The summed E-state index contributed by atoms with van der Waals surface area (Å²) in [6, 6.07) is 5.79. The molecule has 0 bridgehead atoms. The Morgan fingerprint density at radius 1 is 1.46 bits per heavy atom. The number of aromatic nitrogens is 2. The van der Waals surface area contributed by atoms with E-state index in [9.17, 15) is 4.79 Å². The molecule has 0 aromatic carbocycles. The Hall–Kier alpha value is -2.25. The van der Waals surface area contributed by atoms with Gasteiger partial charge in [0.1, 0.15) is 0 Å². The average molecular weight is 343 g/mol. The SMILES string of the molecule is Cc1noc2nc(-c3cccs3)cc(C(=O)N3CCO[C@@H](C)C3)c12. The van der Waals surface area contributed by atoms with Crippen LogP contribution >= 0.6 is 11.3 Å². The first kappa shape index (κ1) is 15.3. The molecule has 0 spiro atoms. The van der Waals surface area contributed by atoms with Gasteiger partial charge in [-0.1, -0.05) is 11.2 Å². The van der Waals surface area contributed by atoms with Gasteiger partial charge >= 0.3 is 0 Å². The van der Waals surface area contributed by atoms with Gasteiger partial charge in [0.2, 0.25) is 0 Å². The summed E-state index contributed by atoms with van der Waals surface area (Å²) < 4.78 is 10.9. The molecule has 1 aliphatic rings. The highest BCUT2D eigenvalue weighted by Crippen LogP contribution is 2.30. The average Bonchev–Trinajstić information content (AvgIpc) is 3.24. The van der Waals surface area contributed by atoms with Gasteiger partial charge in [-0.2, -0.15) is 0 Å². The van der Waals surface area contributed by atoms with Crippen molar-refractivity contribution in [1.29, 1.82) is 0 Å². The maximum Gasteiger partial charge on any atom is 0.259 e. The zero-order chi connectivity index (χ0) is 16.7. The third kappa shape index (κ3) is 2.59. The molecule has 0 saturated carbocycles. The minimum absolute atomic E-state index is 0.0262. The maximum atomic E-state index is 13.1. The van der Waals surface area contributed by atoms with Crippen LogP contribution in [0, 0.1) is 6.92 Å². The fourth-order valence-corrected chi connectivity index (χ4v) is 3.67. The first-order valence-electron chi connectivity index (χ1n) is 7.85. The Bertz CT molecular complexity index is 888. The lowest BCUT2D eigenvalue weighted by atomic mass is 10.1. The van der Waals surface area contributed by atoms with Crippen molar-refractivity contribution in [2.75, 3.05) is 19.7 Å². The number of nitrogens with zero attached hydrogens (tertiary/aromatic N) is 3. The third-order valence-corrected chi connectivity index (χ3v) is 5.04. The molecule has 3 aromatic heterocycles. The minimum atomic E-state index is -0.0262. The minimum Gasteiger partial charge on any atom is -0.375 e. The lowest BCUT2D eigenvalue weighted by Gasteiger charge is -2.31. The fourth-order valence-electron chi connectivity index (χ4n) is 2.99. The summed E-state index contributed by atoms with van der Waals surface area (Å²) in [6.45, 7) is 5.54. The second-order valence-electron chi connectivity index (χ2n) is 5.91. The molecule has 1 saturated heterocycles. The van der Waals surface area contributed by atoms with E-state index in [0.29, 0.717) is 42.1 Å². The largest absolute Gasteiger partial charge is 0.375 e. The van der Waals surface area contributed by atoms with Crippen LogP contribution in [0.15, 0.2) is 28.1 Å². The summed E-state index contributed by atoms with van der Waals surface area (Å²) in [6.07, 6.45) is 0.0420. The number of aryl methyl sites for hydroxylation is 1. The summed E-state index contributed by atoms with van der Waals surface area (Å²) in [5, 5.41) is 6.67. The van der Waals surface area contributed by atoms with E-state index in [2.05, 4.69) is 10.1 Å². The Balaban J connectivity index is 1.83. The molecular formula is C17H17N3O3S. The van der Waals surface area contributed by atoms with Crippen LogP contribution < -0.4 is 0 Å². The molecule has 3 aromatic rings. The monoisotopic (exact) mass is 343 g/mol. The van der Waals surface area contributed by atoms with Crippen molar-refractivity contribution >= 4 is 28.3 Å². The Kier molecular flexibility index (Phi) is 3.82. The molecule has 124 valence electrons. The smallest absolute Gasteiger partial charge is 0.259 e. The molecule has 1 atom stereocenters. The van der Waals surface area contributed by atoms with E-state index in [0.717, 1.165) is 10.6 Å². The Labute approximate surface area is 143 Å². The normalized spacial score (nSPS) is 18.2. The van der Waals surface area contributed by atoms with E-state index < -0.39 is 0 Å². The molecule has 0 radical (unpaired) electrons. The van der Waals surface area contributed by atoms with Gasteiger partial charge in [0.25, 0.3) is 11.6 Å². The number of thiophene rings is 1. The van der Waals surface area contributed by atoms with E-state index in [4.69, 9.17) is 9.26 Å². The summed E-state index contributed by atoms with van der Waals surface area (Å²) >= 11 is 1.58. The molecule has 1 amide bonds. The fraction of sp³-hybridized carbons (Fsp3) is 0.353. The molecule has 24 heavy (non-hydrogen) atoms. The molecule has 0 aliphatic carbocycles. The van der Waals surface area contributed by atoms with Gasteiger partial charge in [0, 0.05) is 13.1 Å². The number of pyridine rings is 1. The standard InChI is InChI=1S/C17H17N3O3S/c1-10-9-20(5-6-22-10)17(21)12-8-13(14-4-3-7-24-14)18-16-15(12)11(2)19-23-16/h3-4,7-8,10H,5-6,9H2,1-2H3/t10-/m0/s1. The first-order valence-corrected chi connectivity index (χ1v) is 8.73. The van der Waals surface area contributed by atoms with Gasteiger partial charge < -0.3 is 14.2 Å². The van der Waals surface area contributed by atoms with Gasteiger partial charge in [0.05, 0.1) is 39.9 Å². The highest BCUT2D eigenvalue weighted by atomic mass is 32.1. The number of hydrogen-bond donors (Lipinski definition) is 0. The van der Waals surface area contributed by atoms with Crippen LogP contribution in [0.5, 0.6) is 0 Å². The number of amides is 1. The highest BCUT2D eigenvalue weighted by Gasteiger charge is 2.26. The van der Waals surface area contributed by atoms with Crippen molar-refractivity contribution in [2.24, 2.45) is 0 Å². The molecule has 7 heteroatoms. The molecule has 4 heterocycles. The second kappa shape index (κ2) is 5.99. The number of fused-ring (bicyclic) bond motifs is 1. The lowest BCUT2D eigenvalue weighted by molar-refractivity contribution is -0.0123. The van der Waals surface area contributed by atoms with Crippen LogP contribution in [0.4, 0.5) is 0 Å². The third-order valence-electron chi connectivity index (χ3n) is 4.15. The summed E-state index contributed by atoms with van der Waals surface area (Å²) in [7, 11) is 0. The molecule has 4 rings (SSSR count). The summed E-state index contributed by atoms with van der Waals surface area (Å²) in [5.41, 5.74) is 2.41. The van der Waals surface area contributed by atoms with Crippen LogP contribution in [0.3, 0.4) is 0 Å². The molecule has 1 fully saturated rings. The maximum absolute atomic E-state index is 13.1.